The summed E-state index contributed by atoms with van der Waals surface area (Å²) in [5.41, 5.74) is 0. The number of halogens is 1. The van der Waals surface area contributed by atoms with Crippen molar-refractivity contribution >= 4 is 27.7 Å². The van der Waals surface area contributed by atoms with E-state index in [9.17, 15) is 9.59 Å². The molecule has 2 fully saturated rings. The van der Waals surface area contributed by atoms with Gasteiger partial charge in [0.1, 0.15) is 0 Å². The van der Waals surface area contributed by atoms with Gasteiger partial charge in [0, 0.05) is 32.6 Å². The molecule has 2 aliphatic rings. The van der Waals surface area contributed by atoms with Crippen LogP contribution in [0.4, 0.5) is 0 Å². The van der Waals surface area contributed by atoms with E-state index in [1.54, 1.807) is 17.0 Å². The molecule has 3 rings (SSSR count). The Labute approximate surface area is 145 Å². The maximum absolute atomic E-state index is 12.3. The molecule has 5 nitrogen and oxygen atoms in total. The third kappa shape index (κ3) is 4.16. The topological polar surface area (TPSA) is 53.8 Å². The average molecular weight is 383 g/mol. The van der Waals surface area contributed by atoms with Crippen molar-refractivity contribution in [1.82, 2.24) is 9.80 Å². The van der Waals surface area contributed by atoms with Crippen LogP contribution in [0, 0.1) is 5.92 Å². The summed E-state index contributed by atoms with van der Waals surface area (Å²) < 4.78 is 5.87. The number of hydrogen-bond acceptors (Lipinski definition) is 3. The number of carbonyl (C=O) groups is 2. The minimum atomic E-state index is -0.103. The fraction of sp³-hybridized carbons (Fsp3) is 0.647. The second kappa shape index (κ2) is 7.51. The zero-order valence-electron chi connectivity index (χ0n) is 13.3. The molecule has 0 unspecified atom stereocenters. The number of carbonyl (C=O) groups excluding carboxylic acids is 2. The number of rotatable bonds is 4. The number of hydrogen-bond donors (Lipinski definition) is 0. The molecule has 0 bridgehead atoms. The van der Waals surface area contributed by atoms with Crippen LogP contribution in [0.25, 0.3) is 0 Å². The molecule has 0 aromatic carbocycles. The van der Waals surface area contributed by atoms with Crippen molar-refractivity contribution in [2.24, 2.45) is 5.92 Å². The Morgan fingerprint density at radius 2 is 1.74 bits per heavy atom. The Kier molecular flexibility index (Phi) is 5.41. The maximum atomic E-state index is 12.3. The Balaban J connectivity index is 1.44. The summed E-state index contributed by atoms with van der Waals surface area (Å²) in [5.74, 6) is 1.23. The molecule has 1 aliphatic carbocycles. The minimum absolute atomic E-state index is 0.103. The number of amides is 2. The van der Waals surface area contributed by atoms with Crippen LogP contribution in [0.2, 0.25) is 0 Å². The van der Waals surface area contributed by atoms with Gasteiger partial charge in [0.15, 0.2) is 10.4 Å². The molecule has 0 radical (unpaired) electrons. The largest absolute Gasteiger partial charge is 0.444 e. The lowest BCUT2D eigenvalue weighted by Crippen LogP contribution is -2.50. The van der Waals surface area contributed by atoms with Gasteiger partial charge >= 0.3 is 0 Å². The molecular formula is C17H23BrN2O3. The first-order chi connectivity index (χ1) is 11.1. The number of nitrogens with zero attached hydrogens (tertiary/aromatic N) is 2. The van der Waals surface area contributed by atoms with E-state index in [2.05, 4.69) is 15.9 Å². The lowest BCUT2D eigenvalue weighted by atomic mass is 10.0. The Morgan fingerprint density at radius 1 is 1.09 bits per heavy atom. The second-order valence-corrected chi connectivity index (χ2v) is 7.25. The molecule has 0 atom stereocenters. The minimum Gasteiger partial charge on any atom is -0.444 e. The molecule has 6 heteroatoms. The fourth-order valence-electron chi connectivity index (χ4n) is 3.53. The van der Waals surface area contributed by atoms with E-state index in [0.717, 1.165) is 12.3 Å². The first-order valence-corrected chi connectivity index (χ1v) is 9.25. The molecule has 126 valence electrons. The molecule has 0 N–H and O–H groups in total. The van der Waals surface area contributed by atoms with Gasteiger partial charge in [-0.25, -0.2) is 0 Å². The molecular weight excluding hydrogens is 360 g/mol. The second-order valence-electron chi connectivity index (χ2n) is 6.47. The highest BCUT2D eigenvalue weighted by Gasteiger charge is 2.26. The highest BCUT2D eigenvalue weighted by atomic mass is 79.9. The van der Waals surface area contributed by atoms with Gasteiger partial charge in [-0.3, -0.25) is 9.59 Å². The van der Waals surface area contributed by atoms with Gasteiger partial charge in [-0.1, -0.05) is 25.7 Å². The average Bonchev–Trinajstić information content (AvgIpc) is 3.23. The lowest BCUT2D eigenvalue weighted by molar-refractivity contribution is -0.133. The lowest BCUT2D eigenvalue weighted by Gasteiger charge is -2.34. The van der Waals surface area contributed by atoms with Crippen LogP contribution in [0.5, 0.6) is 0 Å². The summed E-state index contributed by atoms with van der Waals surface area (Å²) in [6.07, 6.45) is 6.90. The van der Waals surface area contributed by atoms with Crippen LogP contribution in [-0.2, 0) is 4.79 Å². The van der Waals surface area contributed by atoms with Crippen molar-refractivity contribution in [3.63, 3.8) is 0 Å². The predicted molar refractivity (Wildman–Crippen MR) is 90.1 cm³/mol. The van der Waals surface area contributed by atoms with Gasteiger partial charge in [0.05, 0.1) is 0 Å². The zero-order valence-corrected chi connectivity index (χ0v) is 14.9. The maximum Gasteiger partial charge on any atom is 0.289 e. The van der Waals surface area contributed by atoms with Crippen molar-refractivity contribution in [3.8, 4) is 0 Å². The standard InChI is InChI=1S/C17H23BrN2O3/c18-15-7-6-14(23-15)17(22)20-11-9-19(10-12-20)16(21)8-5-13-3-1-2-4-13/h6-7,13H,1-5,8-12H2. The number of piperazine rings is 1. The first-order valence-electron chi connectivity index (χ1n) is 8.46. The van der Waals surface area contributed by atoms with Gasteiger partial charge in [0.2, 0.25) is 5.91 Å². The summed E-state index contributed by atoms with van der Waals surface area (Å²) in [6.45, 7) is 2.40. The van der Waals surface area contributed by atoms with Crippen molar-refractivity contribution in [3.05, 3.63) is 22.6 Å². The van der Waals surface area contributed by atoms with Gasteiger partial charge in [0.25, 0.3) is 5.91 Å². The summed E-state index contributed by atoms with van der Waals surface area (Å²) in [7, 11) is 0. The molecule has 1 saturated carbocycles. The van der Waals surface area contributed by atoms with E-state index in [0.29, 0.717) is 43.0 Å². The van der Waals surface area contributed by atoms with E-state index < -0.39 is 0 Å². The molecule has 2 amide bonds. The van der Waals surface area contributed by atoms with Crippen molar-refractivity contribution in [2.45, 2.75) is 38.5 Å². The van der Waals surface area contributed by atoms with E-state index in [1.165, 1.54) is 25.7 Å². The number of furan rings is 1. The van der Waals surface area contributed by atoms with Crippen LogP contribution in [0.1, 0.15) is 49.1 Å². The van der Waals surface area contributed by atoms with E-state index >= 15 is 0 Å². The third-order valence-corrected chi connectivity index (χ3v) is 5.37. The molecule has 0 spiro atoms. The third-order valence-electron chi connectivity index (χ3n) is 4.94. The van der Waals surface area contributed by atoms with E-state index in [1.807, 2.05) is 4.90 Å². The first kappa shape index (κ1) is 16.6. The Morgan fingerprint density at radius 3 is 2.35 bits per heavy atom. The van der Waals surface area contributed by atoms with Crippen LogP contribution >= 0.6 is 15.9 Å². The summed E-state index contributed by atoms with van der Waals surface area (Å²) in [5, 5.41) is 0. The summed E-state index contributed by atoms with van der Waals surface area (Å²) in [4.78, 5) is 28.3. The summed E-state index contributed by atoms with van der Waals surface area (Å²) >= 11 is 3.21. The van der Waals surface area contributed by atoms with Crippen molar-refractivity contribution in [1.29, 1.82) is 0 Å². The zero-order chi connectivity index (χ0) is 16.2. The van der Waals surface area contributed by atoms with Crippen molar-refractivity contribution in [2.75, 3.05) is 26.2 Å². The smallest absolute Gasteiger partial charge is 0.289 e. The van der Waals surface area contributed by atoms with Crippen LogP contribution < -0.4 is 0 Å². The predicted octanol–water partition coefficient (Wildman–Crippen LogP) is 3.30. The highest BCUT2D eigenvalue weighted by molar-refractivity contribution is 9.10. The SMILES string of the molecule is O=C(CCC1CCCC1)N1CCN(C(=O)c2ccc(Br)o2)CC1. The molecule has 23 heavy (non-hydrogen) atoms. The van der Waals surface area contributed by atoms with Crippen molar-refractivity contribution < 1.29 is 14.0 Å². The van der Waals surface area contributed by atoms with E-state index in [4.69, 9.17) is 4.42 Å². The van der Waals surface area contributed by atoms with Crippen LogP contribution in [0.3, 0.4) is 0 Å². The van der Waals surface area contributed by atoms with Crippen LogP contribution in [0.15, 0.2) is 21.2 Å². The van der Waals surface area contributed by atoms with Crippen LogP contribution in [-0.4, -0.2) is 47.8 Å². The highest BCUT2D eigenvalue weighted by Crippen LogP contribution is 2.28. The quantitative estimate of drug-likeness (QED) is 0.802. The van der Waals surface area contributed by atoms with Gasteiger partial charge in [-0.2, -0.15) is 0 Å². The Hall–Kier alpha value is -1.30. The normalized spacial score (nSPS) is 19.3. The molecule has 1 aliphatic heterocycles. The van der Waals surface area contributed by atoms with Gasteiger partial charge in [-0.15, -0.1) is 0 Å². The summed E-state index contributed by atoms with van der Waals surface area (Å²) in [6, 6.07) is 3.39. The Bertz CT molecular complexity index is 558. The van der Waals surface area contributed by atoms with Gasteiger partial charge in [-0.05, 0) is 40.4 Å². The fourth-order valence-corrected chi connectivity index (χ4v) is 3.84. The molecule has 1 saturated heterocycles. The molecule has 1 aromatic rings. The monoisotopic (exact) mass is 382 g/mol. The van der Waals surface area contributed by atoms with Gasteiger partial charge < -0.3 is 14.2 Å². The molecule has 2 heterocycles. The molecule has 1 aromatic heterocycles. The van der Waals surface area contributed by atoms with E-state index in [-0.39, 0.29) is 11.8 Å².